The molecule has 2 aromatic carbocycles. The molecule has 35 heavy (non-hydrogen) atoms. The number of hydrogen-bond donors (Lipinski definition) is 0. The number of pyridine rings is 1. The summed E-state index contributed by atoms with van der Waals surface area (Å²) >= 11 is 0. The van der Waals surface area contributed by atoms with E-state index in [4.69, 9.17) is 4.74 Å². The largest absolute Gasteiger partial charge is 0.490 e. The summed E-state index contributed by atoms with van der Waals surface area (Å²) in [6.45, 7) is 3.88. The van der Waals surface area contributed by atoms with Crippen molar-refractivity contribution in [2.75, 3.05) is 0 Å². The van der Waals surface area contributed by atoms with Crippen LogP contribution in [0.25, 0.3) is 11.3 Å². The van der Waals surface area contributed by atoms with Gasteiger partial charge in [0.2, 0.25) is 0 Å². The molecular formula is C28H27F3N2O2. The summed E-state index contributed by atoms with van der Waals surface area (Å²) in [5, 5.41) is 9.42. The van der Waals surface area contributed by atoms with Crippen LogP contribution in [0.1, 0.15) is 59.9 Å². The smallest absolute Gasteiger partial charge is 0.417 e. The van der Waals surface area contributed by atoms with E-state index in [0.717, 1.165) is 48.4 Å². The first-order valence-corrected chi connectivity index (χ1v) is 11.8. The van der Waals surface area contributed by atoms with Crippen LogP contribution in [0, 0.1) is 25.2 Å². The number of rotatable bonds is 5. The standard InChI is InChI=1S/C28H27F3N2O2/c1-18-8-9-21(19(2)14-18)17-33-26(15-25(28(29,30)31)24(16-32)27(33)34)20-10-12-23(13-11-20)35-22-6-4-3-5-7-22/h8-15,22H,3-7,17H2,1-2H3. The van der Waals surface area contributed by atoms with Crippen LogP contribution in [0.3, 0.4) is 0 Å². The summed E-state index contributed by atoms with van der Waals surface area (Å²) in [5.41, 5.74) is 0.209. The molecule has 0 spiro atoms. The molecule has 1 saturated carbocycles. The van der Waals surface area contributed by atoms with Crippen LogP contribution in [0.5, 0.6) is 5.75 Å². The van der Waals surface area contributed by atoms with Crippen LogP contribution in [-0.2, 0) is 12.7 Å². The van der Waals surface area contributed by atoms with E-state index in [-0.39, 0.29) is 18.3 Å². The SMILES string of the molecule is Cc1ccc(Cn2c(-c3ccc(OC4CCCCC4)cc3)cc(C(F)(F)F)c(C#N)c2=O)c(C)c1. The van der Waals surface area contributed by atoms with Gasteiger partial charge in [-0.25, -0.2) is 0 Å². The van der Waals surface area contributed by atoms with Crippen LogP contribution in [0.15, 0.2) is 53.3 Å². The average molecular weight is 481 g/mol. The van der Waals surface area contributed by atoms with E-state index in [9.17, 15) is 23.2 Å². The van der Waals surface area contributed by atoms with Gasteiger partial charge in [-0.2, -0.15) is 18.4 Å². The van der Waals surface area contributed by atoms with Crippen molar-refractivity contribution in [2.45, 2.75) is 64.8 Å². The van der Waals surface area contributed by atoms with Crippen LogP contribution in [0.4, 0.5) is 13.2 Å². The Morgan fingerprint density at radius 2 is 1.71 bits per heavy atom. The van der Waals surface area contributed by atoms with Gasteiger partial charge in [0, 0.05) is 0 Å². The Kier molecular flexibility index (Phi) is 7.02. The Labute approximate surface area is 202 Å². The molecule has 0 aliphatic heterocycles. The molecule has 1 fully saturated rings. The van der Waals surface area contributed by atoms with Crippen LogP contribution in [-0.4, -0.2) is 10.7 Å². The lowest BCUT2D eigenvalue weighted by Crippen LogP contribution is -2.29. The van der Waals surface area contributed by atoms with Crippen LogP contribution >= 0.6 is 0 Å². The van der Waals surface area contributed by atoms with Crippen molar-refractivity contribution >= 4 is 0 Å². The predicted octanol–water partition coefficient (Wildman–Crippen LogP) is 6.78. The lowest BCUT2D eigenvalue weighted by molar-refractivity contribution is -0.137. The molecule has 0 N–H and O–H groups in total. The average Bonchev–Trinajstić information content (AvgIpc) is 2.82. The van der Waals surface area contributed by atoms with E-state index in [1.54, 1.807) is 24.3 Å². The van der Waals surface area contributed by atoms with Crippen molar-refractivity contribution in [3.05, 3.63) is 86.7 Å². The molecule has 0 atom stereocenters. The van der Waals surface area contributed by atoms with Gasteiger partial charge in [-0.3, -0.25) is 4.79 Å². The zero-order valence-corrected chi connectivity index (χ0v) is 19.8. The molecule has 1 aliphatic rings. The molecular weight excluding hydrogens is 453 g/mol. The highest BCUT2D eigenvalue weighted by atomic mass is 19.4. The van der Waals surface area contributed by atoms with Gasteiger partial charge in [-0.1, -0.05) is 30.2 Å². The fourth-order valence-corrected chi connectivity index (χ4v) is 4.65. The molecule has 1 aliphatic carbocycles. The molecule has 0 radical (unpaired) electrons. The Balaban J connectivity index is 1.80. The number of aryl methyl sites for hydroxylation is 2. The van der Waals surface area contributed by atoms with Crippen molar-refractivity contribution in [1.29, 1.82) is 5.26 Å². The van der Waals surface area contributed by atoms with Crippen molar-refractivity contribution in [3.8, 4) is 23.1 Å². The first-order valence-electron chi connectivity index (χ1n) is 11.8. The summed E-state index contributed by atoms with van der Waals surface area (Å²) < 4.78 is 48.6. The molecule has 0 saturated heterocycles. The van der Waals surface area contributed by atoms with Gasteiger partial charge < -0.3 is 9.30 Å². The summed E-state index contributed by atoms with van der Waals surface area (Å²) in [5.74, 6) is 0.647. The molecule has 182 valence electrons. The van der Waals surface area contributed by atoms with Crippen LogP contribution < -0.4 is 10.3 Å². The number of halogens is 3. The number of aromatic nitrogens is 1. The number of hydrogen-bond acceptors (Lipinski definition) is 3. The van der Waals surface area contributed by atoms with Gasteiger partial charge in [0.25, 0.3) is 5.56 Å². The maximum atomic E-state index is 13.8. The summed E-state index contributed by atoms with van der Waals surface area (Å²) in [6, 6.07) is 14.9. The van der Waals surface area contributed by atoms with E-state index >= 15 is 0 Å². The number of nitriles is 1. The third-order valence-corrected chi connectivity index (χ3v) is 6.55. The molecule has 0 bridgehead atoms. The summed E-state index contributed by atoms with van der Waals surface area (Å²) in [4.78, 5) is 13.2. The first-order chi connectivity index (χ1) is 16.7. The normalized spacial score (nSPS) is 14.5. The molecule has 3 aromatic rings. The number of benzene rings is 2. The fourth-order valence-electron chi connectivity index (χ4n) is 4.65. The minimum absolute atomic E-state index is 0.0490. The lowest BCUT2D eigenvalue weighted by atomic mass is 9.98. The second-order valence-corrected chi connectivity index (χ2v) is 9.15. The third kappa shape index (κ3) is 5.43. The van der Waals surface area contributed by atoms with E-state index < -0.39 is 22.9 Å². The number of alkyl halides is 3. The molecule has 1 heterocycles. The molecule has 7 heteroatoms. The maximum Gasteiger partial charge on any atom is 0.417 e. The third-order valence-electron chi connectivity index (χ3n) is 6.55. The molecule has 1 aromatic heterocycles. The van der Waals surface area contributed by atoms with E-state index in [0.29, 0.717) is 11.3 Å². The Bertz CT molecular complexity index is 1310. The molecule has 4 rings (SSSR count). The second-order valence-electron chi connectivity index (χ2n) is 9.15. The quantitative estimate of drug-likeness (QED) is 0.404. The summed E-state index contributed by atoms with van der Waals surface area (Å²) in [6.07, 6.45) is 0.740. The van der Waals surface area contributed by atoms with E-state index in [1.165, 1.54) is 17.1 Å². The Morgan fingerprint density at radius 1 is 1.03 bits per heavy atom. The lowest BCUT2D eigenvalue weighted by Gasteiger charge is -2.23. The van der Waals surface area contributed by atoms with Gasteiger partial charge in [0.05, 0.1) is 23.9 Å². The van der Waals surface area contributed by atoms with Crippen molar-refractivity contribution in [2.24, 2.45) is 0 Å². The summed E-state index contributed by atoms with van der Waals surface area (Å²) in [7, 11) is 0. The topological polar surface area (TPSA) is 55.0 Å². The first kappa shape index (κ1) is 24.6. The van der Waals surface area contributed by atoms with Gasteiger partial charge >= 0.3 is 6.18 Å². The fraction of sp³-hybridized carbons (Fsp3) is 0.357. The van der Waals surface area contributed by atoms with Gasteiger partial charge in [0.1, 0.15) is 17.4 Å². The molecule has 4 nitrogen and oxygen atoms in total. The van der Waals surface area contributed by atoms with E-state index in [1.807, 2.05) is 32.0 Å². The number of nitrogens with zero attached hydrogens (tertiary/aromatic N) is 2. The highest BCUT2D eigenvalue weighted by Crippen LogP contribution is 2.34. The van der Waals surface area contributed by atoms with E-state index in [2.05, 4.69) is 0 Å². The highest BCUT2D eigenvalue weighted by Gasteiger charge is 2.36. The van der Waals surface area contributed by atoms with Gasteiger partial charge in [0.15, 0.2) is 0 Å². The Morgan fingerprint density at radius 3 is 2.31 bits per heavy atom. The molecule has 0 amide bonds. The van der Waals surface area contributed by atoms with Crippen molar-refractivity contribution in [1.82, 2.24) is 4.57 Å². The minimum atomic E-state index is -4.83. The van der Waals surface area contributed by atoms with Gasteiger partial charge in [-0.05, 0) is 86.6 Å². The van der Waals surface area contributed by atoms with Crippen LogP contribution in [0.2, 0.25) is 0 Å². The molecule has 0 unspecified atom stereocenters. The van der Waals surface area contributed by atoms with Gasteiger partial charge in [-0.15, -0.1) is 0 Å². The highest BCUT2D eigenvalue weighted by molar-refractivity contribution is 5.63. The minimum Gasteiger partial charge on any atom is -0.490 e. The monoisotopic (exact) mass is 480 g/mol. The Hall–Kier alpha value is -3.53. The van der Waals surface area contributed by atoms with Crippen molar-refractivity contribution in [3.63, 3.8) is 0 Å². The maximum absolute atomic E-state index is 13.8. The van der Waals surface area contributed by atoms with Crippen molar-refractivity contribution < 1.29 is 17.9 Å². The second kappa shape index (κ2) is 9.99. The predicted molar refractivity (Wildman–Crippen MR) is 128 cm³/mol. The zero-order chi connectivity index (χ0) is 25.2. The number of ether oxygens (including phenoxy) is 1. The zero-order valence-electron chi connectivity index (χ0n) is 19.8.